The van der Waals surface area contributed by atoms with Gasteiger partial charge in [-0.15, -0.1) is 0 Å². The second-order valence-corrected chi connectivity index (χ2v) is 9.73. The highest BCUT2D eigenvalue weighted by molar-refractivity contribution is 7.07. The monoisotopic (exact) mass is 550 g/mol. The molecule has 0 aliphatic carbocycles. The van der Waals surface area contributed by atoms with Crippen LogP contribution in [0.3, 0.4) is 0 Å². The Hall–Kier alpha value is -4.18. The first-order valence-corrected chi connectivity index (χ1v) is 13.4. The van der Waals surface area contributed by atoms with E-state index in [1.165, 1.54) is 29.9 Å². The number of nitrogens with zero attached hydrogens (tertiary/aromatic N) is 2. The van der Waals surface area contributed by atoms with Gasteiger partial charge in [0.05, 0.1) is 42.2 Å². The molecule has 4 rings (SSSR count). The summed E-state index contributed by atoms with van der Waals surface area (Å²) < 4.78 is 23.6. The Balaban J connectivity index is 1.86. The Kier molecular flexibility index (Phi) is 8.65. The van der Waals surface area contributed by atoms with Gasteiger partial charge in [0, 0.05) is 6.92 Å². The van der Waals surface area contributed by atoms with Crippen molar-refractivity contribution < 1.29 is 28.5 Å². The minimum Gasteiger partial charge on any atom is -0.494 e. The standard InChI is InChI=1S/C29H30N2O7S/c1-6-14-37-21-11-8-19(9-12-21)15-24-27(33)31-26(20-10-13-22(38-18(4)32)23(16-20)35-5)25(28(34)36-7-2)17(3)30-29(31)39-24/h8-13,15-16,26H,6-7,14H2,1-5H3/b24-15+/t26-/m1/s1. The lowest BCUT2D eigenvalue weighted by molar-refractivity contribution is -0.139. The van der Waals surface area contributed by atoms with E-state index < -0.39 is 18.0 Å². The van der Waals surface area contributed by atoms with Crippen molar-refractivity contribution in [3.05, 3.63) is 84.5 Å². The van der Waals surface area contributed by atoms with Gasteiger partial charge in [-0.05, 0) is 61.7 Å². The van der Waals surface area contributed by atoms with Crippen molar-refractivity contribution in [3.8, 4) is 17.2 Å². The van der Waals surface area contributed by atoms with Crippen molar-refractivity contribution >= 4 is 29.4 Å². The summed E-state index contributed by atoms with van der Waals surface area (Å²) in [5.74, 6) is 0.209. The average Bonchev–Trinajstić information content (AvgIpc) is 3.21. The summed E-state index contributed by atoms with van der Waals surface area (Å²) in [4.78, 5) is 43.5. The Morgan fingerprint density at radius 2 is 1.85 bits per heavy atom. The average molecular weight is 551 g/mol. The van der Waals surface area contributed by atoms with Gasteiger partial charge in [-0.1, -0.05) is 36.5 Å². The SMILES string of the molecule is CCCOc1ccc(/C=c2/sc3n(c2=O)[C@H](c2ccc(OC(C)=O)c(OC)c2)C(C(=O)OCC)=C(C)N=3)cc1. The molecule has 0 amide bonds. The molecule has 0 saturated carbocycles. The van der Waals surface area contributed by atoms with Crippen LogP contribution in [0.2, 0.25) is 0 Å². The zero-order chi connectivity index (χ0) is 28.1. The summed E-state index contributed by atoms with van der Waals surface area (Å²) in [5.41, 5.74) is 1.80. The molecule has 1 atom stereocenters. The summed E-state index contributed by atoms with van der Waals surface area (Å²) in [6.07, 6.45) is 2.70. The molecule has 204 valence electrons. The van der Waals surface area contributed by atoms with Crippen molar-refractivity contribution in [2.45, 2.75) is 40.2 Å². The number of aromatic nitrogens is 1. The van der Waals surface area contributed by atoms with Gasteiger partial charge >= 0.3 is 11.9 Å². The minimum absolute atomic E-state index is 0.166. The molecule has 0 radical (unpaired) electrons. The van der Waals surface area contributed by atoms with E-state index in [9.17, 15) is 14.4 Å². The zero-order valence-electron chi connectivity index (χ0n) is 22.5. The summed E-state index contributed by atoms with van der Waals surface area (Å²) in [7, 11) is 1.45. The lowest BCUT2D eigenvalue weighted by Gasteiger charge is -2.25. The quantitative estimate of drug-likeness (QED) is 0.297. The van der Waals surface area contributed by atoms with Gasteiger partial charge in [-0.2, -0.15) is 0 Å². The van der Waals surface area contributed by atoms with Crippen molar-refractivity contribution in [2.24, 2.45) is 4.99 Å². The summed E-state index contributed by atoms with van der Waals surface area (Å²) in [6.45, 7) is 7.57. The maximum absolute atomic E-state index is 13.8. The summed E-state index contributed by atoms with van der Waals surface area (Å²) in [6, 6.07) is 11.6. The lowest BCUT2D eigenvalue weighted by atomic mass is 9.95. The third-order valence-electron chi connectivity index (χ3n) is 5.92. The second-order valence-electron chi connectivity index (χ2n) is 8.72. The number of fused-ring (bicyclic) bond motifs is 1. The minimum atomic E-state index is -0.826. The van der Waals surface area contributed by atoms with Crippen LogP contribution in [0.25, 0.3) is 6.08 Å². The molecule has 1 aliphatic heterocycles. The number of hydrogen-bond donors (Lipinski definition) is 0. The van der Waals surface area contributed by atoms with Crippen molar-refractivity contribution in [3.63, 3.8) is 0 Å². The third kappa shape index (κ3) is 5.96. The summed E-state index contributed by atoms with van der Waals surface area (Å²) >= 11 is 1.24. The van der Waals surface area contributed by atoms with Gasteiger partial charge in [0.1, 0.15) is 5.75 Å². The molecule has 0 unspecified atom stereocenters. The van der Waals surface area contributed by atoms with Crippen LogP contribution in [0.5, 0.6) is 17.2 Å². The number of carbonyl (C=O) groups excluding carboxylic acids is 2. The number of carbonyl (C=O) groups is 2. The Morgan fingerprint density at radius 1 is 1.10 bits per heavy atom. The van der Waals surface area contributed by atoms with E-state index in [1.54, 1.807) is 38.1 Å². The first-order chi connectivity index (χ1) is 18.8. The van der Waals surface area contributed by atoms with Crippen LogP contribution in [0, 0.1) is 0 Å². The number of esters is 2. The fourth-order valence-corrected chi connectivity index (χ4v) is 5.28. The fourth-order valence-electron chi connectivity index (χ4n) is 4.23. The maximum atomic E-state index is 13.8. The van der Waals surface area contributed by atoms with E-state index in [4.69, 9.17) is 18.9 Å². The first kappa shape index (κ1) is 27.8. The van der Waals surface area contributed by atoms with Crippen LogP contribution in [0.1, 0.15) is 51.3 Å². The van der Waals surface area contributed by atoms with Gasteiger partial charge in [0.25, 0.3) is 5.56 Å². The zero-order valence-corrected chi connectivity index (χ0v) is 23.3. The first-order valence-electron chi connectivity index (χ1n) is 12.6. The molecule has 0 fully saturated rings. The molecule has 10 heteroatoms. The highest BCUT2D eigenvalue weighted by Gasteiger charge is 2.34. The number of hydrogen-bond acceptors (Lipinski definition) is 9. The van der Waals surface area contributed by atoms with Crippen LogP contribution in [0.15, 0.2) is 63.5 Å². The molecule has 1 aromatic heterocycles. The largest absolute Gasteiger partial charge is 0.494 e. The normalized spacial score (nSPS) is 14.9. The predicted octanol–water partition coefficient (Wildman–Crippen LogP) is 3.52. The van der Waals surface area contributed by atoms with Gasteiger partial charge < -0.3 is 18.9 Å². The number of rotatable bonds is 9. The molecule has 9 nitrogen and oxygen atoms in total. The van der Waals surface area contributed by atoms with Crippen LogP contribution < -0.4 is 29.1 Å². The fraction of sp³-hybridized carbons (Fsp3) is 0.310. The van der Waals surface area contributed by atoms with Crippen LogP contribution in [0.4, 0.5) is 0 Å². The molecule has 3 aromatic rings. The van der Waals surface area contributed by atoms with Crippen LogP contribution in [-0.2, 0) is 14.3 Å². The highest BCUT2D eigenvalue weighted by Crippen LogP contribution is 2.36. The van der Waals surface area contributed by atoms with Gasteiger partial charge in [-0.25, -0.2) is 9.79 Å². The smallest absolute Gasteiger partial charge is 0.338 e. The van der Waals surface area contributed by atoms with E-state index in [-0.39, 0.29) is 29.2 Å². The van der Waals surface area contributed by atoms with E-state index in [0.29, 0.717) is 27.2 Å². The molecule has 39 heavy (non-hydrogen) atoms. The van der Waals surface area contributed by atoms with E-state index in [2.05, 4.69) is 4.99 Å². The third-order valence-corrected chi connectivity index (χ3v) is 6.91. The van der Waals surface area contributed by atoms with Crippen LogP contribution in [-0.4, -0.2) is 36.8 Å². The molecular weight excluding hydrogens is 520 g/mol. The number of allylic oxidation sites excluding steroid dienone is 1. The Morgan fingerprint density at radius 3 is 2.49 bits per heavy atom. The van der Waals surface area contributed by atoms with Gasteiger partial charge in [0.15, 0.2) is 16.3 Å². The van der Waals surface area contributed by atoms with E-state index in [1.807, 2.05) is 31.2 Å². The van der Waals surface area contributed by atoms with E-state index >= 15 is 0 Å². The molecule has 0 N–H and O–H groups in total. The number of methoxy groups -OCH3 is 1. The second kappa shape index (κ2) is 12.1. The van der Waals surface area contributed by atoms with Crippen molar-refractivity contribution in [1.29, 1.82) is 0 Å². The number of ether oxygens (including phenoxy) is 4. The molecule has 1 aliphatic rings. The molecule has 0 bridgehead atoms. The van der Waals surface area contributed by atoms with Crippen molar-refractivity contribution in [2.75, 3.05) is 20.3 Å². The molecule has 0 spiro atoms. The molecular formula is C29H30N2O7S. The topological polar surface area (TPSA) is 105 Å². The predicted molar refractivity (Wildman–Crippen MR) is 147 cm³/mol. The van der Waals surface area contributed by atoms with Gasteiger partial charge in [0.2, 0.25) is 0 Å². The Bertz CT molecular complexity index is 1600. The number of thiazole rings is 1. The number of benzene rings is 2. The van der Waals surface area contributed by atoms with Gasteiger partial charge in [-0.3, -0.25) is 14.2 Å². The highest BCUT2D eigenvalue weighted by atomic mass is 32.1. The molecule has 2 heterocycles. The molecule has 0 saturated heterocycles. The van der Waals surface area contributed by atoms with Crippen LogP contribution >= 0.6 is 11.3 Å². The van der Waals surface area contributed by atoms with E-state index in [0.717, 1.165) is 17.7 Å². The lowest BCUT2D eigenvalue weighted by Crippen LogP contribution is -2.40. The maximum Gasteiger partial charge on any atom is 0.338 e. The summed E-state index contributed by atoms with van der Waals surface area (Å²) in [5, 5.41) is 0. The molecule has 2 aromatic carbocycles. The van der Waals surface area contributed by atoms with Crippen molar-refractivity contribution in [1.82, 2.24) is 4.57 Å². The Labute approximate surface area is 229 Å².